The molecule has 0 bridgehead atoms. The number of para-hydroxylation sites is 1. The number of aromatic nitrogens is 5. The quantitative estimate of drug-likeness (QED) is 0.456. The molecule has 0 fully saturated rings. The van der Waals surface area contributed by atoms with E-state index < -0.39 is 6.04 Å². The minimum absolute atomic E-state index is 0.170. The molecule has 4 aromatic rings. The number of rotatable bonds is 5. The molecular weight excluding hydrogens is 456 g/mol. The van der Waals surface area contributed by atoms with Gasteiger partial charge in [0, 0.05) is 29.2 Å². The molecule has 36 heavy (non-hydrogen) atoms. The van der Waals surface area contributed by atoms with E-state index in [1.54, 1.807) is 0 Å². The lowest BCUT2D eigenvalue weighted by molar-refractivity contribution is 0.172. The second-order valence-electron chi connectivity index (χ2n) is 10.1. The summed E-state index contributed by atoms with van der Waals surface area (Å²) in [6.07, 6.45) is 2.82. The van der Waals surface area contributed by atoms with E-state index >= 15 is 0 Å². The third-order valence-electron chi connectivity index (χ3n) is 7.46. The lowest BCUT2D eigenvalue weighted by atomic mass is 9.95. The van der Waals surface area contributed by atoms with Crippen LogP contribution in [-0.4, -0.2) is 44.9 Å². The molecule has 2 aromatic carbocycles. The monoisotopic (exact) mass is 486 g/mol. The standard InChI is InChI=1S/C27H30N6O3/c1-4-27(2,3)33-25(29-30-31-33)24(32-11-7-9-17-8-5-6-10-21(17)32)19-14-18-15-22-23(36-13-12-35-22)16-20(18)28-26(19)34/h5-6,8,10,14-16,24H,4,7,9,11-13H2,1-3H3,(H,28,34)/t24-/m1/s1. The normalized spacial score (nSPS) is 16.1. The predicted octanol–water partition coefficient (Wildman–Crippen LogP) is 3.97. The van der Waals surface area contributed by atoms with Gasteiger partial charge in [0.2, 0.25) is 0 Å². The van der Waals surface area contributed by atoms with Crippen LogP contribution < -0.4 is 19.9 Å². The van der Waals surface area contributed by atoms with E-state index in [0.717, 1.165) is 36.9 Å². The van der Waals surface area contributed by atoms with E-state index in [0.29, 0.717) is 41.6 Å². The number of pyridine rings is 1. The van der Waals surface area contributed by atoms with Gasteiger partial charge in [-0.3, -0.25) is 4.79 Å². The van der Waals surface area contributed by atoms with Gasteiger partial charge in [0.05, 0.1) is 11.1 Å². The molecule has 2 aliphatic rings. The van der Waals surface area contributed by atoms with Gasteiger partial charge in [-0.25, -0.2) is 4.68 Å². The van der Waals surface area contributed by atoms with Crippen molar-refractivity contribution in [2.45, 2.75) is 51.6 Å². The van der Waals surface area contributed by atoms with Crippen molar-refractivity contribution in [2.75, 3.05) is 24.7 Å². The Morgan fingerprint density at radius 3 is 2.69 bits per heavy atom. The number of anilines is 1. The summed E-state index contributed by atoms with van der Waals surface area (Å²) in [4.78, 5) is 19.1. The van der Waals surface area contributed by atoms with Crippen molar-refractivity contribution >= 4 is 16.6 Å². The molecule has 9 nitrogen and oxygen atoms in total. The lowest BCUT2D eigenvalue weighted by Crippen LogP contribution is -2.40. The first kappa shape index (κ1) is 22.6. The summed E-state index contributed by atoms with van der Waals surface area (Å²) in [6.45, 7) is 8.13. The Bertz CT molecular complexity index is 1490. The predicted molar refractivity (Wildman–Crippen MR) is 137 cm³/mol. The van der Waals surface area contributed by atoms with E-state index in [9.17, 15) is 4.79 Å². The molecule has 2 aromatic heterocycles. The molecule has 0 radical (unpaired) electrons. The minimum Gasteiger partial charge on any atom is -0.486 e. The highest BCUT2D eigenvalue weighted by atomic mass is 16.6. The molecule has 2 aliphatic heterocycles. The first-order valence-corrected chi connectivity index (χ1v) is 12.6. The zero-order chi connectivity index (χ0) is 24.9. The molecule has 0 saturated carbocycles. The average molecular weight is 487 g/mol. The summed E-state index contributed by atoms with van der Waals surface area (Å²) in [5.41, 5.74) is 3.19. The van der Waals surface area contributed by atoms with Crippen molar-refractivity contribution in [1.29, 1.82) is 0 Å². The third kappa shape index (κ3) is 3.70. The lowest BCUT2D eigenvalue weighted by Gasteiger charge is -2.38. The van der Waals surface area contributed by atoms with Crippen LogP contribution in [0.15, 0.2) is 47.3 Å². The molecule has 9 heteroatoms. The second kappa shape index (κ2) is 8.65. The van der Waals surface area contributed by atoms with Crippen LogP contribution >= 0.6 is 0 Å². The van der Waals surface area contributed by atoms with Gasteiger partial charge in [0.1, 0.15) is 19.3 Å². The molecular formula is C27H30N6O3. The fraction of sp³-hybridized carbons (Fsp3) is 0.407. The fourth-order valence-corrected chi connectivity index (χ4v) is 5.19. The zero-order valence-electron chi connectivity index (χ0n) is 20.8. The number of benzene rings is 2. The Labute approximate surface area is 209 Å². The van der Waals surface area contributed by atoms with E-state index in [4.69, 9.17) is 9.47 Å². The summed E-state index contributed by atoms with van der Waals surface area (Å²) in [6, 6.07) is 13.6. The summed E-state index contributed by atoms with van der Waals surface area (Å²) in [5.74, 6) is 1.98. The van der Waals surface area contributed by atoms with Gasteiger partial charge >= 0.3 is 0 Å². The molecule has 4 heterocycles. The van der Waals surface area contributed by atoms with Crippen LogP contribution in [0.3, 0.4) is 0 Å². The van der Waals surface area contributed by atoms with Crippen LogP contribution in [0.4, 0.5) is 5.69 Å². The topological polar surface area (TPSA) is 98.2 Å². The Kier molecular flexibility index (Phi) is 5.43. The number of nitrogens with one attached hydrogen (secondary N) is 1. The van der Waals surface area contributed by atoms with Crippen LogP contribution in [-0.2, 0) is 12.0 Å². The SMILES string of the molecule is CCC(C)(C)n1nnnc1[C@@H](c1cc2cc3c(cc2[nH]c1=O)OCCO3)N1CCCc2ccccc21. The van der Waals surface area contributed by atoms with E-state index in [1.165, 1.54) is 5.56 Å². The van der Waals surface area contributed by atoms with Crippen LogP contribution in [0, 0.1) is 0 Å². The molecule has 1 atom stereocenters. The Morgan fingerprint density at radius 1 is 1.11 bits per heavy atom. The van der Waals surface area contributed by atoms with Crippen molar-refractivity contribution in [1.82, 2.24) is 25.2 Å². The van der Waals surface area contributed by atoms with Gasteiger partial charge < -0.3 is 19.4 Å². The molecule has 0 saturated heterocycles. The molecule has 1 N–H and O–H groups in total. The van der Waals surface area contributed by atoms with Gasteiger partial charge in [-0.05, 0) is 67.3 Å². The number of nitrogens with zero attached hydrogens (tertiary/aromatic N) is 5. The smallest absolute Gasteiger partial charge is 0.254 e. The number of hydrogen-bond acceptors (Lipinski definition) is 7. The van der Waals surface area contributed by atoms with E-state index in [-0.39, 0.29) is 11.1 Å². The molecule has 6 rings (SSSR count). The summed E-state index contributed by atoms with van der Waals surface area (Å²) >= 11 is 0. The fourth-order valence-electron chi connectivity index (χ4n) is 5.19. The maximum atomic E-state index is 13.7. The van der Waals surface area contributed by atoms with E-state index in [1.807, 2.05) is 28.9 Å². The van der Waals surface area contributed by atoms with E-state index in [2.05, 4.69) is 64.4 Å². The van der Waals surface area contributed by atoms with Gasteiger partial charge in [-0.1, -0.05) is 25.1 Å². The minimum atomic E-state index is -0.464. The number of H-pyrrole nitrogens is 1. The van der Waals surface area contributed by atoms with Crippen LogP contribution in [0.1, 0.15) is 56.6 Å². The molecule has 0 amide bonds. The Morgan fingerprint density at radius 2 is 1.89 bits per heavy atom. The van der Waals surface area contributed by atoms with Crippen molar-refractivity contribution in [2.24, 2.45) is 0 Å². The molecule has 0 unspecified atom stereocenters. The maximum Gasteiger partial charge on any atom is 0.254 e. The van der Waals surface area contributed by atoms with Crippen LogP contribution in [0.2, 0.25) is 0 Å². The number of hydrogen-bond donors (Lipinski definition) is 1. The first-order valence-electron chi connectivity index (χ1n) is 12.6. The number of aromatic amines is 1. The Hall–Kier alpha value is -3.88. The van der Waals surface area contributed by atoms with Gasteiger partial charge in [0.15, 0.2) is 17.3 Å². The maximum absolute atomic E-state index is 13.7. The highest BCUT2D eigenvalue weighted by Crippen LogP contribution is 2.39. The number of fused-ring (bicyclic) bond motifs is 3. The average Bonchev–Trinajstić information content (AvgIpc) is 3.39. The summed E-state index contributed by atoms with van der Waals surface area (Å²) in [5, 5.41) is 13.8. The third-order valence-corrected chi connectivity index (χ3v) is 7.46. The molecule has 186 valence electrons. The largest absolute Gasteiger partial charge is 0.486 e. The number of ether oxygens (including phenoxy) is 2. The van der Waals surface area contributed by atoms with Crippen molar-refractivity contribution in [3.8, 4) is 11.5 Å². The van der Waals surface area contributed by atoms with Crippen molar-refractivity contribution in [3.05, 3.63) is 69.8 Å². The zero-order valence-corrected chi connectivity index (χ0v) is 20.8. The highest BCUT2D eigenvalue weighted by molar-refractivity contribution is 5.83. The van der Waals surface area contributed by atoms with Crippen molar-refractivity contribution in [3.63, 3.8) is 0 Å². The Balaban J connectivity index is 1.58. The molecule has 0 spiro atoms. The number of aryl methyl sites for hydroxylation is 1. The van der Waals surface area contributed by atoms with Gasteiger partial charge in [-0.15, -0.1) is 5.10 Å². The number of tetrazole rings is 1. The van der Waals surface area contributed by atoms with Crippen molar-refractivity contribution < 1.29 is 9.47 Å². The first-order chi connectivity index (χ1) is 17.5. The second-order valence-corrected chi connectivity index (χ2v) is 10.1. The van der Waals surface area contributed by atoms with Gasteiger partial charge in [0.25, 0.3) is 5.56 Å². The highest BCUT2D eigenvalue weighted by Gasteiger charge is 2.36. The molecule has 0 aliphatic carbocycles. The van der Waals surface area contributed by atoms with Gasteiger partial charge in [-0.2, -0.15) is 0 Å². The summed E-state index contributed by atoms with van der Waals surface area (Å²) < 4.78 is 13.4. The van der Waals surface area contributed by atoms with Crippen LogP contribution in [0.5, 0.6) is 11.5 Å². The van der Waals surface area contributed by atoms with Crippen LogP contribution in [0.25, 0.3) is 10.9 Å². The summed E-state index contributed by atoms with van der Waals surface area (Å²) in [7, 11) is 0.